The van der Waals surface area contributed by atoms with Gasteiger partial charge < -0.3 is 10.4 Å². The van der Waals surface area contributed by atoms with E-state index in [-0.39, 0.29) is 11.0 Å². The molecule has 0 heterocycles. The van der Waals surface area contributed by atoms with Gasteiger partial charge in [-0.3, -0.25) is 4.79 Å². The first-order valence-electron chi connectivity index (χ1n) is 6.08. The molecule has 1 unspecified atom stereocenters. The van der Waals surface area contributed by atoms with Gasteiger partial charge >= 0.3 is 5.97 Å². The molecule has 0 radical (unpaired) electrons. The zero-order valence-corrected chi connectivity index (χ0v) is 13.0. The first kappa shape index (κ1) is 16.8. The monoisotopic (exact) mass is 317 g/mol. The van der Waals surface area contributed by atoms with E-state index in [0.717, 1.165) is 0 Å². The topological polar surface area (TPSA) is 66.4 Å². The average molecular weight is 318 g/mol. The lowest BCUT2D eigenvalue weighted by Gasteiger charge is -2.24. The van der Waals surface area contributed by atoms with E-state index in [0.29, 0.717) is 16.5 Å². The van der Waals surface area contributed by atoms with E-state index in [1.165, 1.54) is 18.2 Å². The number of aliphatic carboxylic acids is 1. The highest BCUT2D eigenvalue weighted by molar-refractivity contribution is 6.35. The van der Waals surface area contributed by atoms with Crippen LogP contribution in [-0.2, 0) is 4.79 Å². The quantitative estimate of drug-likeness (QED) is 0.891. The molecule has 1 aromatic carbocycles. The van der Waals surface area contributed by atoms with Crippen LogP contribution in [0, 0.1) is 5.41 Å². The number of carboxylic acid groups (broad SMARTS) is 1. The van der Waals surface area contributed by atoms with E-state index in [1.807, 2.05) is 20.8 Å². The maximum Gasteiger partial charge on any atom is 0.326 e. The number of amides is 1. The summed E-state index contributed by atoms with van der Waals surface area (Å²) in [5.41, 5.74) is 0.0186. The molecule has 1 rings (SSSR count). The Morgan fingerprint density at radius 1 is 1.20 bits per heavy atom. The Bertz CT molecular complexity index is 503. The third-order valence-corrected chi connectivity index (χ3v) is 2.98. The summed E-state index contributed by atoms with van der Waals surface area (Å²) in [6.07, 6.45) is 0.322. The van der Waals surface area contributed by atoms with Crippen molar-refractivity contribution in [1.29, 1.82) is 0 Å². The lowest BCUT2D eigenvalue weighted by molar-refractivity contribution is -0.140. The molecular weight excluding hydrogens is 301 g/mol. The molecule has 1 amide bonds. The molecule has 0 bridgehead atoms. The molecule has 110 valence electrons. The maximum absolute atomic E-state index is 12.1. The van der Waals surface area contributed by atoms with Crippen LogP contribution >= 0.6 is 23.2 Å². The van der Waals surface area contributed by atoms with Crippen LogP contribution in [0.1, 0.15) is 37.6 Å². The van der Waals surface area contributed by atoms with Gasteiger partial charge in [0.2, 0.25) is 0 Å². The summed E-state index contributed by atoms with van der Waals surface area (Å²) in [7, 11) is 0. The predicted molar refractivity (Wildman–Crippen MR) is 79.4 cm³/mol. The molecule has 1 atom stereocenters. The van der Waals surface area contributed by atoms with E-state index in [1.54, 1.807) is 0 Å². The number of halogens is 2. The Labute approximate surface area is 128 Å². The van der Waals surface area contributed by atoms with Gasteiger partial charge in [-0.15, -0.1) is 0 Å². The highest BCUT2D eigenvalue weighted by atomic mass is 35.5. The van der Waals surface area contributed by atoms with Gasteiger partial charge in [0.15, 0.2) is 0 Å². The normalized spacial score (nSPS) is 12.8. The first-order chi connectivity index (χ1) is 9.08. The zero-order valence-electron chi connectivity index (χ0n) is 11.5. The van der Waals surface area contributed by atoms with Crippen LogP contribution in [0.4, 0.5) is 0 Å². The van der Waals surface area contributed by atoms with Gasteiger partial charge in [0.05, 0.1) is 0 Å². The Kier molecular flexibility index (Phi) is 5.42. The van der Waals surface area contributed by atoms with Crippen molar-refractivity contribution < 1.29 is 14.7 Å². The second kappa shape index (κ2) is 6.46. The number of hydrogen-bond acceptors (Lipinski definition) is 2. The SMILES string of the molecule is CC(C)(C)CC(NC(=O)c1cc(Cl)cc(Cl)c1)C(=O)O. The van der Waals surface area contributed by atoms with Gasteiger partial charge in [-0.05, 0) is 30.0 Å². The van der Waals surface area contributed by atoms with Crippen molar-refractivity contribution in [3.05, 3.63) is 33.8 Å². The number of nitrogens with one attached hydrogen (secondary N) is 1. The molecule has 0 aliphatic rings. The third-order valence-electron chi connectivity index (χ3n) is 2.54. The fraction of sp³-hybridized carbons (Fsp3) is 0.429. The number of carbonyl (C=O) groups excluding carboxylic acids is 1. The van der Waals surface area contributed by atoms with Crippen LogP contribution in [0.15, 0.2) is 18.2 Å². The Balaban J connectivity index is 2.88. The van der Waals surface area contributed by atoms with Crippen LogP contribution in [0.3, 0.4) is 0 Å². The molecule has 0 saturated carbocycles. The zero-order chi connectivity index (χ0) is 15.5. The molecule has 20 heavy (non-hydrogen) atoms. The van der Waals surface area contributed by atoms with Crippen molar-refractivity contribution in [3.63, 3.8) is 0 Å². The molecule has 0 fully saturated rings. The van der Waals surface area contributed by atoms with E-state index < -0.39 is 17.9 Å². The van der Waals surface area contributed by atoms with Crippen molar-refractivity contribution in [3.8, 4) is 0 Å². The predicted octanol–water partition coefficient (Wildman–Crippen LogP) is 3.61. The molecule has 1 aromatic rings. The van der Waals surface area contributed by atoms with Gasteiger partial charge in [-0.2, -0.15) is 0 Å². The molecule has 6 heteroatoms. The number of hydrogen-bond donors (Lipinski definition) is 2. The lowest BCUT2D eigenvalue weighted by Crippen LogP contribution is -2.43. The van der Waals surface area contributed by atoms with E-state index in [9.17, 15) is 14.7 Å². The fourth-order valence-electron chi connectivity index (χ4n) is 1.74. The molecule has 0 aromatic heterocycles. The van der Waals surface area contributed by atoms with Crippen LogP contribution in [0.5, 0.6) is 0 Å². The van der Waals surface area contributed by atoms with Crippen molar-refractivity contribution in [2.24, 2.45) is 5.41 Å². The largest absolute Gasteiger partial charge is 0.480 e. The summed E-state index contributed by atoms with van der Waals surface area (Å²) in [6.45, 7) is 5.72. The third kappa shape index (κ3) is 5.39. The molecule has 0 aliphatic heterocycles. The number of carbonyl (C=O) groups is 2. The summed E-state index contributed by atoms with van der Waals surface area (Å²) in [6, 6.07) is 3.43. The second-order valence-corrected chi connectivity index (χ2v) is 6.66. The van der Waals surface area contributed by atoms with E-state index in [4.69, 9.17) is 23.2 Å². The Hall–Kier alpha value is -1.26. The van der Waals surface area contributed by atoms with E-state index >= 15 is 0 Å². The van der Waals surface area contributed by atoms with Crippen molar-refractivity contribution in [2.45, 2.75) is 33.2 Å². The number of benzene rings is 1. The fourth-order valence-corrected chi connectivity index (χ4v) is 2.26. The summed E-state index contributed by atoms with van der Waals surface area (Å²) >= 11 is 11.6. The van der Waals surface area contributed by atoms with E-state index in [2.05, 4.69) is 5.32 Å². The summed E-state index contributed by atoms with van der Waals surface area (Å²) in [5, 5.41) is 12.3. The van der Waals surface area contributed by atoms with Crippen LogP contribution < -0.4 is 5.32 Å². The molecule has 4 nitrogen and oxygen atoms in total. The van der Waals surface area contributed by atoms with Crippen molar-refractivity contribution >= 4 is 35.1 Å². The lowest BCUT2D eigenvalue weighted by atomic mass is 9.88. The highest BCUT2D eigenvalue weighted by Gasteiger charge is 2.26. The second-order valence-electron chi connectivity index (χ2n) is 5.79. The summed E-state index contributed by atoms with van der Waals surface area (Å²) in [4.78, 5) is 23.3. The smallest absolute Gasteiger partial charge is 0.326 e. The minimum atomic E-state index is -1.07. The highest BCUT2D eigenvalue weighted by Crippen LogP contribution is 2.22. The minimum absolute atomic E-state index is 0.220. The van der Waals surface area contributed by atoms with Crippen molar-refractivity contribution in [2.75, 3.05) is 0 Å². The molecule has 0 aliphatic carbocycles. The number of carboxylic acids is 1. The Morgan fingerprint density at radius 2 is 1.70 bits per heavy atom. The number of rotatable bonds is 4. The molecule has 0 saturated heterocycles. The van der Waals surface area contributed by atoms with Crippen LogP contribution in [-0.4, -0.2) is 23.0 Å². The first-order valence-corrected chi connectivity index (χ1v) is 6.84. The van der Waals surface area contributed by atoms with Gasteiger partial charge in [0.1, 0.15) is 6.04 Å². The van der Waals surface area contributed by atoms with Gasteiger partial charge in [0.25, 0.3) is 5.91 Å². The standard InChI is InChI=1S/C14H17Cl2NO3/c1-14(2,3)7-11(13(19)20)17-12(18)8-4-9(15)6-10(16)5-8/h4-6,11H,7H2,1-3H3,(H,17,18)(H,19,20). The minimum Gasteiger partial charge on any atom is -0.480 e. The molecular formula is C14H17Cl2NO3. The summed E-state index contributed by atoms with van der Waals surface area (Å²) < 4.78 is 0. The molecule has 2 N–H and O–H groups in total. The molecule has 0 spiro atoms. The van der Waals surface area contributed by atoms with Gasteiger partial charge in [-0.25, -0.2) is 4.79 Å². The van der Waals surface area contributed by atoms with Crippen LogP contribution in [0.2, 0.25) is 10.0 Å². The summed E-state index contributed by atoms with van der Waals surface area (Å²) in [5.74, 6) is -1.58. The van der Waals surface area contributed by atoms with Gasteiger partial charge in [-0.1, -0.05) is 44.0 Å². The maximum atomic E-state index is 12.1. The van der Waals surface area contributed by atoms with Crippen LogP contribution in [0.25, 0.3) is 0 Å². The Morgan fingerprint density at radius 3 is 2.10 bits per heavy atom. The average Bonchev–Trinajstić information content (AvgIpc) is 2.24. The van der Waals surface area contributed by atoms with Crippen molar-refractivity contribution in [1.82, 2.24) is 5.32 Å². The van der Waals surface area contributed by atoms with Gasteiger partial charge in [0, 0.05) is 15.6 Å².